The molecule has 3 heteroatoms. The first kappa shape index (κ1) is 51.8. The molecule has 1 rings (SSSR count). The van der Waals surface area contributed by atoms with Crippen LogP contribution >= 0.6 is 0 Å². The van der Waals surface area contributed by atoms with Crippen LogP contribution in [0.5, 0.6) is 11.5 Å². The molecule has 0 fully saturated rings. The molecule has 324 valence electrons. The van der Waals surface area contributed by atoms with Gasteiger partial charge in [0, 0.05) is 12.7 Å². The molecule has 0 aliphatic heterocycles. The zero-order valence-corrected chi connectivity index (χ0v) is 37.6. The van der Waals surface area contributed by atoms with E-state index in [0.29, 0.717) is 6.42 Å². The van der Waals surface area contributed by atoms with Gasteiger partial charge in [0.15, 0.2) is 0 Å². The second-order valence-electron chi connectivity index (χ2n) is 17.4. The third kappa shape index (κ3) is 38.1. The van der Waals surface area contributed by atoms with Crippen molar-refractivity contribution >= 4 is 0 Å². The SMILES string of the molecule is CCCCCCCCCCCCCCCCCCCCCCOc1cc(CCO)cc(OCCCCCCCCCCCCCCCCCCCCCC)c1. The molecule has 0 radical (unpaired) electrons. The van der Waals surface area contributed by atoms with E-state index in [0.717, 1.165) is 43.1 Å². The molecule has 1 aromatic carbocycles. The van der Waals surface area contributed by atoms with Gasteiger partial charge in [-0.3, -0.25) is 0 Å². The molecule has 0 spiro atoms. The van der Waals surface area contributed by atoms with Crippen molar-refractivity contribution < 1.29 is 14.6 Å². The summed E-state index contributed by atoms with van der Waals surface area (Å²) in [5.74, 6) is 1.78. The summed E-state index contributed by atoms with van der Waals surface area (Å²) in [6.07, 6.45) is 56.8. The van der Waals surface area contributed by atoms with Crippen molar-refractivity contribution in [2.24, 2.45) is 0 Å². The van der Waals surface area contributed by atoms with E-state index >= 15 is 0 Å². The van der Waals surface area contributed by atoms with Gasteiger partial charge in [0.1, 0.15) is 11.5 Å². The summed E-state index contributed by atoms with van der Waals surface area (Å²) < 4.78 is 12.3. The van der Waals surface area contributed by atoms with Gasteiger partial charge in [0.25, 0.3) is 0 Å². The van der Waals surface area contributed by atoms with E-state index in [2.05, 4.69) is 26.0 Å². The summed E-state index contributed by atoms with van der Waals surface area (Å²) in [5, 5.41) is 9.53. The number of hydrogen-bond acceptors (Lipinski definition) is 3. The first-order chi connectivity index (χ1) is 27.3. The molecule has 0 unspecified atom stereocenters. The maximum atomic E-state index is 9.53. The molecule has 1 N–H and O–H groups in total. The van der Waals surface area contributed by atoms with Crippen LogP contribution < -0.4 is 9.47 Å². The smallest absolute Gasteiger partial charge is 0.123 e. The summed E-state index contributed by atoms with van der Waals surface area (Å²) >= 11 is 0. The lowest BCUT2D eigenvalue weighted by molar-refractivity contribution is 0.286. The molecule has 0 atom stereocenters. The van der Waals surface area contributed by atoms with Crippen LogP contribution in [0.4, 0.5) is 0 Å². The van der Waals surface area contributed by atoms with E-state index in [9.17, 15) is 5.11 Å². The molecule has 55 heavy (non-hydrogen) atoms. The van der Waals surface area contributed by atoms with Gasteiger partial charge < -0.3 is 14.6 Å². The van der Waals surface area contributed by atoms with E-state index in [-0.39, 0.29) is 6.61 Å². The van der Waals surface area contributed by atoms with Crippen molar-refractivity contribution in [1.82, 2.24) is 0 Å². The number of aliphatic hydroxyl groups is 1. The Hall–Kier alpha value is -1.22. The van der Waals surface area contributed by atoms with E-state index < -0.39 is 0 Å². The monoisotopic (exact) mass is 771 g/mol. The predicted octanol–water partition coefficient (Wildman–Crippen LogP) is 17.6. The van der Waals surface area contributed by atoms with Crippen molar-refractivity contribution in [3.05, 3.63) is 23.8 Å². The Balaban J connectivity index is 1.93. The van der Waals surface area contributed by atoms with Gasteiger partial charge in [-0.05, 0) is 37.0 Å². The van der Waals surface area contributed by atoms with Crippen molar-refractivity contribution in [3.63, 3.8) is 0 Å². The zero-order valence-electron chi connectivity index (χ0n) is 37.6. The van der Waals surface area contributed by atoms with E-state index in [1.807, 2.05) is 6.07 Å². The first-order valence-corrected chi connectivity index (χ1v) is 25.3. The molecule has 0 saturated carbocycles. The second kappa shape index (κ2) is 43.9. The van der Waals surface area contributed by atoms with Crippen molar-refractivity contribution in [2.45, 2.75) is 277 Å². The summed E-state index contributed by atoms with van der Waals surface area (Å²) in [5.41, 5.74) is 1.10. The van der Waals surface area contributed by atoms with Crippen LogP contribution in [0, 0.1) is 0 Å². The lowest BCUT2D eigenvalue weighted by atomic mass is 10.0. The van der Waals surface area contributed by atoms with Crippen LogP contribution in [0.1, 0.15) is 276 Å². The van der Waals surface area contributed by atoms with Gasteiger partial charge in [-0.25, -0.2) is 0 Å². The van der Waals surface area contributed by atoms with Crippen LogP contribution in [-0.4, -0.2) is 24.9 Å². The molecule has 0 aliphatic rings. The van der Waals surface area contributed by atoms with Crippen molar-refractivity contribution in [2.75, 3.05) is 19.8 Å². The average molecular weight is 771 g/mol. The number of aliphatic hydroxyl groups excluding tert-OH is 1. The second-order valence-corrected chi connectivity index (χ2v) is 17.4. The van der Waals surface area contributed by atoms with Gasteiger partial charge in [-0.15, -0.1) is 0 Å². The normalized spacial score (nSPS) is 11.5. The summed E-state index contributed by atoms with van der Waals surface area (Å²) in [4.78, 5) is 0. The van der Waals surface area contributed by atoms with Crippen LogP contribution in [0.2, 0.25) is 0 Å². The Kier molecular flexibility index (Phi) is 41.3. The molecular weight excluding hydrogens is 673 g/mol. The van der Waals surface area contributed by atoms with E-state index in [1.165, 1.54) is 244 Å². The summed E-state index contributed by atoms with van der Waals surface area (Å²) in [6, 6.07) is 6.21. The van der Waals surface area contributed by atoms with Gasteiger partial charge in [-0.1, -0.05) is 258 Å². The molecule has 0 aliphatic carbocycles. The van der Waals surface area contributed by atoms with Crippen LogP contribution in [0.25, 0.3) is 0 Å². The Morgan fingerprint density at radius 2 is 0.527 bits per heavy atom. The molecule has 0 heterocycles. The highest BCUT2D eigenvalue weighted by Gasteiger charge is 2.05. The van der Waals surface area contributed by atoms with Crippen LogP contribution in [-0.2, 0) is 6.42 Å². The predicted molar refractivity (Wildman–Crippen MR) is 244 cm³/mol. The molecule has 0 amide bonds. The lowest BCUT2D eigenvalue weighted by Crippen LogP contribution is -2.02. The fourth-order valence-electron chi connectivity index (χ4n) is 8.17. The molecule has 0 bridgehead atoms. The number of rotatable bonds is 46. The number of hydrogen-bond donors (Lipinski definition) is 1. The molecule has 1 aromatic rings. The molecule has 0 aromatic heterocycles. The fraction of sp³-hybridized carbons (Fsp3) is 0.885. The Morgan fingerprint density at radius 3 is 0.745 bits per heavy atom. The Morgan fingerprint density at radius 1 is 0.309 bits per heavy atom. The minimum absolute atomic E-state index is 0.154. The minimum Gasteiger partial charge on any atom is -0.493 e. The van der Waals surface area contributed by atoms with E-state index in [4.69, 9.17) is 9.47 Å². The third-order valence-electron chi connectivity index (χ3n) is 11.9. The average Bonchev–Trinajstić information content (AvgIpc) is 3.19. The fourth-order valence-corrected chi connectivity index (χ4v) is 8.17. The highest BCUT2D eigenvalue weighted by atomic mass is 16.5. The van der Waals surface area contributed by atoms with Crippen molar-refractivity contribution in [3.8, 4) is 11.5 Å². The van der Waals surface area contributed by atoms with E-state index in [1.54, 1.807) is 0 Å². The highest BCUT2D eigenvalue weighted by molar-refractivity contribution is 5.38. The van der Waals surface area contributed by atoms with Gasteiger partial charge in [0.05, 0.1) is 13.2 Å². The molecule has 0 saturated heterocycles. The summed E-state index contributed by atoms with van der Waals surface area (Å²) in [7, 11) is 0. The third-order valence-corrected chi connectivity index (χ3v) is 11.9. The van der Waals surface area contributed by atoms with Gasteiger partial charge in [0.2, 0.25) is 0 Å². The van der Waals surface area contributed by atoms with Crippen LogP contribution in [0.3, 0.4) is 0 Å². The first-order valence-electron chi connectivity index (χ1n) is 25.3. The topological polar surface area (TPSA) is 38.7 Å². The summed E-state index contributed by atoms with van der Waals surface area (Å²) in [6.45, 7) is 6.29. The largest absolute Gasteiger partial charge is 0.493 e. The Bertz CT molecular complexity index is 804. The highest BCUT2D eigenvalue weighted by Crippen LogP contribution is 2.25. The standard InChI is InChI=1S/C52H98O3/c1-3-5-7-9-11-13-15-17-19-21-23-25-27-29-31-33-35-37-39-41-45-54-51-47-50(43-44-53)48-52(49-51)55-46-42-40-38-36-34-32-30-28-26-24-22-20-18-16-14-12-10-8-6-4-2/h47-49,53H,3-46H2,1-2H3. The maximum absolute atomic E-state index is 9.53. The zero-order chi connectivity index (χ0) is 39.4. The lowest BCUT2D eigenvalue weighted by Gasteiger charge is -2.12. The Labute approximate surface area is 345 Å². The number of unbranched alkanes of at least 4 members (excludes halogenated alkanes) is 38. The molecular formula is C52H98O3. The number of benzene rings is 1. The molecule has 3 nitrogen and oxygen atoms in total. The van der Waals surface area contributed by atoms with Crippen LogP contribution in [0.15, 0.2) is 18.2 Å². The maximum Gasteiger partial charge on any atom is 0.123 e. The minimum atomic E-state index is 0.154. The van der Waals surface area contributed by atoms with Gasteiger partial charge >= 0.3 is 0 Å². The van der Waals surface area contributed by atoms with Crippen molar-refractivity contribution in [1.29, 1.82) is 0 Å². The quantitative estimate of drug-likeness (QED) is 0.0671. The van der Waals surface area contributed by atoms with Gasteiger partial charge in [-0.2, -0.15) is 0 Å². The number of ether oxygens (including phenoxy) is 2.